The number of rotatable bonds is 1. The fourth-order valence-corrected chi connectivity index (χ4v) is 3.44. The zero-order valence-electron chi connectivity index (χ0n) is 11.6. The van der Waals surface area contributed by atoms with Gasteiger partial charge in [-0.25, -0.2) is 0 Å². The molecule has 0 fully saturated rings. The predicted molar refractivity (Wildman–Crippen MR) is 75.2 cm³/mol. The van der Waals surface area contributed by atoms with E-state index in [1.807, 2.05) is 6.07 Å². The molecule has 0 amide bonds. The highest BCUT2D eigenvalue weighted by atomic mass is 16.6. The van der Waals surface area contributed by atoms with Gasteiger partial charge in [0.25, 0.3) is 5.69 Å². The largest absolute Gasteiger partial charge is 0.302 e. The summed E-state index contributed by atoms with van der Waals surface area (Å²) in [6.07, 6.45) is 1.06. The van der Waals surface area contributed by atoms with Crippen molar-refractivity contribution in [2.75, 3.05) is 20.1 Å². The van der Waals surface area contributed by atoms with Gasteiger partial charge in [0.15, 0.2) is 0 Å². The topological polar surface area (TPSA) is 46.4 Å². The predicted octanol–water partition coefficient (Wildman–Crippen LogP) is 2.98. The summed E-state index contributed by atoms with van der Waals surface area (Å²) in [4.78, 5) is 12.9. The molecule has 1 aromatic carbocycles. The van der Waals surface area contributed by atoms with Gasteiger partial charge in [0, 0.05) is 30.6 Å². The number of nitro benzene ring substituents is 1. The SMILES string of the molecule is CN1CCC2=C(C1)c1cc([N+](=O)[O-])ccc1C2(C)C. The highest BCUT2D eigenvalue weighted by molar-refractivity contribution is 5.82. The Morgan fingerprint density at radius 1 is 1.37 bits per heavy atom. The third-order valence-electron chi connectivity index (χ3n) is 4.50. The zero-order chi connectivity index (χ0) is 13.8. The van der Waals surface area contributed by atoms with Crippen molar-refractivity contribution in [3.05, 3.63) is 45.0 Å². The maximum absolute atomic E-state index is 11.0. The van der Waals surface area contributed by atoms with Gasteiger partial charge in [-0.3, -0.25) is 10.1 Å². The minimum atomic E-state index is -0.307. The summed E-state index contributed by atoms with van der Waals surface area (Å²) < 4.78 is 0. The lowest BCUT2D eigenvalue weighted by Crippen LogP contribution is -2.29. The molecule has 0 bridgehead atoms. The second-order valence-electron chi connectivity index (χ2n) is 6.06. The van der Waals surface area contributed by atoms with Gasteiger partial charge in [-0.1, -0.05) is 25.5 Å². The van der Waals surface area contributed by atoms with Gasteiger partial charge >= 0.3 is 0 Å². The van der Waals surface area contributed by atoms with E-state index >= 15 is 0 Å². The summed E-state index contributed by atoms with van der Waals surface area (Å²) in [5.41, 5.74) is 5.29. The van der Waals surface area contributed by atoms with Crippen LogP contribution in [0.5, 0.6) is 0 Å². The molecule has 4 nitrogen and oxygen atoms in total. The second-order valence-corrected chi connectivity index (χ2v) is 6.06. The Morgan fingerprint density at radius 3 is 2.79 bits per heavy atom. The smallest absolute Gasteiger partial charge is 0.270 e. The second kappa shape index (κ2) is 3.90. The number of likely N-dealkylation sites (N-methyl/N-ethyl adjacent to an activating group) is 1. The van der Waals surface area contributed by atoms with Gasteiger partial charge in [-0.05, 0) is 30.2 Å². The van der Waals surface area contributed by atoms with Crippen molar-refractivity contribution in [2.45, 2.75) is 25.7 Å². The first-order chi connectivity index (χ1) is 8.91. The Morgan fingerprint density at radius 2 is 2.11 bits per heavy atom. The highest BCUT2D eigenvalue weighted by Gasteiger charge is 2.39. The van der Waals surface area contributed by atoms with Crippen LogP contribution >= 0.6 is 0 Å². The van der Waals surface area contributed by atoms with Crippen LogP contribution in [0.1, 0.15) is 31.4 Å². The quantitative estimate of drug-likeness (QED) is 0.574. The van der Waals surface area contributed by atoms with E-state index in [-0.39, 0.29) is 16.0 Å². The number of nitrogens with zero attached hydrogens (tertiary/aromatic N) is 2. The molecule has 100 valence electrons. The van der Waals surface area contributed by atoms with E-state index in [4.69, 9.17) is 0 Å². The van der Waals surface area contributed by atoms with Crippen LogP contribution in [-0.4, -0.2) is 30.0 Å². The van der Waals surface area contributed by atoms with Crippen LogP contribution in [-0.2, 0) is 5.41 Å². The molecule has 1 aliphatic carbocycles. The number of hydrogen-bond donors (Lipinski definition) is 0. The number of non-ortho nitro benzene ring substituents is 1. The number of hydrogen-bond acceptors (Lipinski definition) is 3. The Balaban J connectivity index is 2.19. The maximum atomic E-state index is 11.0. The van der Waals surface area contributed by atoms with Gasteiger partial charge in [0.1, 0.15) is 0 Å². The van der Waals surface area contributed by atoms with Crippen molar-refractivity contribution in [3.8, 4) is 0 Å². The van der Waals surface area contributed by atoms with Gasteiger partial charge < -0.3 is 4.90 Å². The first kappa shape index (κ1) is 12.4. The minimum absolute atomic E-state index is 0.0149. The zero-order valence-corrected chi connectivity index (χ0v) is 11.6. The summed E-state index contributed by atoms with van der Waals surface area (Å²) in [5, 5.41) is 11.0. The summed E-state index contributed by atoms with van der Waals surface area (Å²) >= 11 is 0. The third kappa shape index (κ3) is 1.70. The third-order valence-corrected chi connectivity index (χ3v) is 4.50. The summed E-state index contributed by atoms with van der Waals surface area (Å²) in [6, 6.07) is 5.31. The molecular formula is C15H18N2O2. The summed E-state index contributed by atoms with van der Waals surface area (Å²) in [6.45, 7) is 6.42. The van der Waals surface area contributed by atoms with Crippen LogP contribution < -0.4 is 0 Å². The molecule has 0 aromatic heterocycles. The molecule has 0 radical (unpaired) electrons. The Bertz CT molecular complexity index is 602. The lowest BCUT2D eigenvalue weighted by Gasteiger charge is -2.30. The average molecular weight is 258 g/mol. The molecule has 0 N–H and O–H groups in total. The van der Waals surface area contributed by atoms with E-state index in [1.54, 1.807) is 12.1 Å². The van der Waals surface area contributed by atoms with Gasteiger partial charge in [-0.2, -0.15) is 0 Å². The Kier molecular flexibility index (Phi) is 2.54. The molecular weight excluding hydrogens is 240 g/mol. The fraction of sp³-hybridized carbons (Fsp3) is 0.467. The van der Waals surface area contributed by atoms with Gasteiger partial charge in [0.2, 0.25) is 0 Å². The van der Waals surface area contributed by atoms with Gasteiger partial charge in [0.05, 0.1) is 4.92 Å². The van der Waals surface area contributed by atoms with Crippen molar-refractivity contribution in [1.29, 1.82) is 0 Å². The van der Waals surface area contributed by atoms with E-state index in [0.717, 1.165) is 25.1 Å². The summed E-state index contributed by atoms with van der Waals surface area (Å²) in [7, 11) is 2.10. The molecule has 1 aromatic rings. The molecule has 4 heteroatoms. The van der Waals surface area contributed by atoms with Gasteiger partial charge in [-0.15, -0.1) is 0 Å². The van der Waals surface area contributed by atoms with Crippen molar-refractivity contribution in [3.63, 3.8) is 0 Å². The van der Waals surface area contributed by atoms with Crippen LogP contribution in [0.2, 0.25) is 0 Å². The molecule has 2 aliphatic rings. The lowest BCUT2D eigenvalue weighted by atomic mass is 9.79. The Hall–Kier alpha value is -1.68. The minimum Gasteiger partial charge on any atom is -0.302 e. The van der Waals surface area contributed by atoms with Crippen molar-refractivity contribution in [1.82, 2.24) is 4.90 Å². The van der Waals surface area contributed by atoms with Crippen LogP contribution in [0, 0.1) is 10.1 Å². The number of benzene rings is 1. The molecule has 0 saturated carbocycles. The van der Waals surface area contributed by atoms with E-state index in [9.17, 15) is 10.1 Å². The molecule has 0 saturated heterocycles. The van der Waals surface area contributed by atoms with Crippen molar-refractivity contribution < 1.29 is 4.92 Å². The van der Waals surface area contributed by atoms with E-state index < -0.39 is 0 Å². The molecule has 1 aliphatic heterocycles. The molecule has 19 heavy (non-hydrogen) atoms. The lowest BCUT2D eigenvalue weighted by molar-refractivity contribution is -0.384. The van der Waals surface area contributed by atoms with Crippen LogP contribution in [0.25, 0.3) is 5.57 Å². The molecule has 0 spiro atoms. The van der Waals surface area contributed by atoms with Crippen LogP contribution in [0.15, 0.2) is 23.8 Å². The normalized spacial score (nSPS) is 21.2. The Labute approximate surface area is 112 Å². The molecule has 1 heterocycles. The highest BCUT2D eigenvalue weighted by Crippen LogP contribution is 2.49. The monoisotopic (exact) mass is 258 g/mol. The molecule has 0 unspecified atom stereocenters. The first-order valence-corrected chi connectivity index (χ1v) is 6.61. The van der Waals surface area contributed by atoms with E-state index in [0.29, 0.717) is 0 Å². The van der Waals surface area contributed by atoms with Crippen molar-refractivity contribution >= 4 is 11.3 Å². The molecule has 3 rings (SSSR count). The fourth-order valence-electron chi connectivity index (χ4n) is 3.44. The average Bonchev–Trinajstić information content (AvgIpc) is 2.58. The van der Waals surface area contributed by atoms with Crippen LogP contribution in [0.3, 0.4) is 0 Å². The van der Waals surface area contributed by atoms with Crippen LogP contribution in [0.4, 0.5) is 5.69 Å². The number of fused-ring (bicyclic) bond motifs is 2. The number of nitro groups is 1. The summed E-state index contributed by atoms with van der Waals surface area (Å²) in [5.74, 6) is 0. The van der Waals surface area contributed by atoms with E-state index in [2.05, 4.69) is 25.8 Å². The standard InChI is InChI=1S/C15H18N2O2/c1-15(2)13-5-4-10(17(18)19)8-11(13)12-9-16(3)7-6-14(12)15/h4-5,8H,6-7,9H2,1-3H3. The van der Waals surface area contributed by atoms with E-state index in [1.165, 1.54) is 16.7 Å². The first-order valence-electron chi connectivity index (χ1n) is 6.61. The van der Waals surface area contributed by atoms with Crippen molar-refractivity contribution in [2.24, 2.45) is 0 Å². The molecule has 0 atom stereocenters. The maximum Gasteiger partial charge on any atom is 0.270 e.